The summed E-state index contributed by atoms with van der Waals surface area (Å²) in [6.45, 7) is 3.70. The van der Waals surface area contributed by atoms with Crippen LogP contribution in [0.3, 0.4) is 0 Å². The molecule has 252 valence electrons. The van der Waals surface area contributed by atoms with Crippen LogP contribution in [0, 0.1) is 5.82 Å². The average molecular weight is 683 g/mol. The highest BCUT2D eigenvalue weighted by Gasteiger charge is 2.39. The molecule has 6 rings (SSSR count). The molecule has 2 fully saturated rings. The number of halogens is 4. The van der Waals surface area contributed by atoms with Gasteiger partial charge in [-0.2, -0.15) is 17.5 Å². The first kappa shape index (κ1) is 33.5. The standard InChI is InChI=1S/C34H34F4N6O3S/c35-27-10-12-29(13-11-27)48(46,47)44-15-3-5-31(44)33(45)40-22-24-20-30(25-6-8-26(9-7-25)34(36,37)38)41-32(21-24)43-18-16-42(17-19-43)23-28-4-1-2-14-39-28/h1-2,4,6-14,20-21,31H,3,5,15-19,22-23H2,(H,40,45)/t31-/m0/s1. The first-order valence-corrected chi connectivity index (χ1v) is 17.0. The molecule has 1 N–H and O–H groups in total. The van der Waals surface area contributed by atoms with Gasteiger partial charge in [0.2, 0.25) is 15.9 Å². The Kier molecular flexibility index (Phi) is 9.76. The van der Waals surface area contributed by atoms with Gasteiger partial charge in [-0.05, 0) is 79.1 Å². The number of pyridine rings is 2. The highest BCUT2D eigenvalue weighted by atomic mass is 32.2. The molecule has 0 saturated carbocycles. The fraction of sp³-hybridized carbons (Fsp3) is 0.324. The van der Waals surface area contributed by atoms with Crippen LogP contribution in [0.2, 0.25) is 0 Å². The van der Waals surface area contributed by atoms with Crippen LogP contribution in [-0.2, 0) is 34.1 Å². The number of sulfonamides is 1. The van der Waals surface area contributed by atoms with Crippen molar-refractivity contribution in [1.29, 1.82) is 0 Å². The van der Waals surface area contributed by atoms with Gasteiger partial charge >= 0.3 is 6.18 Å². The lowest BCUT2D eigenvalue weighted by Gasteiger charge is -2.35. The molecule has 9 nitrogen and oxygen atoms in total. The monoisotopic (exact) mass is 682 g/mol. The molecule has 0 spiro atoms. The fourth-order valence-corrected chi connectivity index (χ4v) is 7.66. The number of alkyl halides is 3. The number of nitrogens with zero attached hydrogens (tertiary/aromatic N) is 5. The number of benzene rings is 2. The Morgan fingerprint density at radius 3 is 2.31 bits per heavy atom. The number of hydrogen-bond acceptors (Lipinski definition) is 7. The number of hydrogen-bond donors (Lipinski definition) is 1. The zero-order valence-electron chi connectivity index (χ0n) is 25.9. The lowest BCUT2D eigenvalue weighted by Crippen LogP contribution is -2.46. The van der Waals surface area contributed by atoms with E-state index in [0.717, 1.165) is 47.4 Å². The number of rotatable bonds is 9. The normalized spacial score (nSPS) is 17.8. The predicted molar refractivity (Wildman–Crippen MR) is 172 cm³/mol. The number of amides is 1. The number of anilines is 1. The molecule has 2 aliphatic rings. The Morgan fingerprint density at radius 2 is 1.65 bits per heavy atom. The lowest BCUT2D eigenvalue weighted by molar-refractivity contribution is -0.137. The van der Waals surface area contributed by atoms with Crippen molar-refractivity contribution in [2.75, 3.05) is 37.6 Å². The molecule has 2 aromatic heterocycles. The molecule has 48 heavy (non-hydrogen) atoms. The summed E-state index contributed by atoms with van der Waals surface area (Å²) < 4.78 is 80.9. The molecule has 1 amide bonds. The first-order chi connectivity index (χ1) is 23.0. The summed E-state index contributed by atoms with van der Waals surface area (Å²) in [5.41, 5.74) is 1.79. The maximum Gasteiger partial charge on any atom is 0.416 e. The van der Waals surface area contributed by atoms with Crippen molar-refractivity contribution in [3.63, 3.8) is 0 Å². The summed E-state index contributed by atoms with van der Waals surface area (Å²) in [5, 5.41) is 2.86. The lowest BCUT2D eigenvalue weighted by atomic mass is 10.1. The highest BCUT2D eigenvalue weighted by molar-refractivity contribution is 7.89. The van der Waals surface area contributed by atoms with Crippen molar-refractivity contribution in [2.24, 2.45) is 0 Å². The summed E-state index contributed by atoms with van der Waals surface area (Å²) in [5.74, 6) is -0.422. The van der Waals surface area contributed by atoms with Gasteiger partial charge in [-0.25, -0.2) is 17.8 Å². The number of aromatic nitrogens is 2. The van der Waals surface area contributed by atoms with Crippen molar-refractivity contribution in [3.05, 3.63) is 108 Å². The van der Waals surface area contributed by atoms with Crippen LogP contribution < -0.4 is 10.2 Å². The van der Waals surface area contributed by atoms with Gasteiger partial charge in [0.05, 0.1) is 21.8 Å². The molecule has 1 atom stereocenters. The van der Waals surface area contributed by atoms with Crippen molar-refractivity contribution in [3.8, 4) is 11.3 Å². The van der Waals surface area contributed by atoms with E-state index in [0.29, 0.717) is 55.1 Å². The third-order valence-corrected chi connectivity index (χ3v) is 10.5. The van der Waals surface area contributed by atoms with E-state index >= 15 is 0 Å². The zero-order valence-corrected chi connectivity index (χ0v) is 26.7. The van der Waals surface area contributed by atoms with Gasteiger partial charge in [0.1, 0.15) is 17.7 Å². The van der Waals surface area contributed by atoms with E-state index in [1.165, 1.54) is 24.3 Å². The third kappa shape index (κ3) is 7.66. The highest BCUT2D eigenvalue weighted by Crippen LogP contribution is 2.32. The van der Waals surface area contributed by atoms with Crippen molar-refractivity contribution >= 4 is 21.7 Å². The molecule has 0 aliphatic carbocycles. The van der Waals surface area contributed by atoms with Gasteiger partial charge in [-0.1, -0.05) is 18.2 Å². The van der Waals surface area contributed by atoms with Gasteiger partial charge in [-0.3, -0.25) is 14.7 Å². The molecule has 0 bridgehead atoms. The van der Waals surface area contributed by atoms with Crippen LogP contribution in [0.4, 0.5) is 23.4 Å². The SMILES string of the molecule is O=C(NCc1cc(-c2ccc(C(F)(F)F)cc2)nc(N2CCN(Cc3ccccn3)CC2)c1)[C@@H]1CCCN1S(=O)(=O)c1ccc(F)cc1. The Bertz CT molecular complexity index is 1830. The summed E-state index contributed by atoms with van der Waals surface area (Å²) in [7, 11) is -4.03. The smallest absolute Gasteiger partial charge is 0.354 e. The Morgan fingerprint density at radius 1 is 0.917 bits per heavy atom. The molecule has 2 aliphatic heterocycles. The fourth-order valence-electron chi connectivity index (χ4n) is 6.01. The van der Waals surface area contributed by atoms with Crippen LogP contribution in [0.25, 0.3) is 11.3 Å². The number of carbonyl (C=O) groups excluding carboxylic acids is 1. The number of carbonyl (C=O) groups is 1. The van der Waals surface area contributed by atoms with E-state index in [4.69, 9.17) is 4.98 Å². The second kappa shape index (κ2) is 14.0. The third-order valence-electron chi connectivity index (χ3n) is 8.58. The average Bonchev–Trinajstić information content (AvgIpc) is 3.59. The molecule has 4 aromatic rings. The zero-order chi connectivity index (χ0) is 33.9. The molecule has 0 unspecified atom stereocenters. The van der Waals surface area contributed by atoms with Gasteiger partial charge in [0.25, 0.3) is 0 Å². The van der Waals surface area contributed by atoms with Crippen LogP contribution in [-0.4, -0.2) is 72.3 Å². The van der Waals surface area contributed by atoms with E-state index in [2.05, 4.69) is 20.1 Å². The van der Waals surface area contributed by atoms with Crippen LogP contribution >= 0.6 is 0 Å². The second-order valence-corrected chi connectivity index (χ2v) is 13.7. The van der Waals surface area contributed by atoms with E-state index in [9.17, 15) is 30.8 Å². The minimum Gasteiger partial charge on any atom is -0.354 e. The molecule has 14 heteroatoms. The molecule has 2 saturated heterocycles. The topological polar surface area (TPSA) is 98.7 Å². The van der Waals surface area contributed by atoms with Crippen LogP contribution in [0.5, 0.6) is 0 Å². The van der Waals surface area contributed by atoms with Gasteiger partial charge in [0.15, 0.2) is 0 Å². The second-order valence-electron chi connectivity index (χ2n) is 11.8. The maximum absolute atomic E-state index is 13.4. The summed E-state index contributed by atoms with van der Waals surface area (Å²) in [6, 6.07) is 17.7. The molecule has 0 radical (unpaired) electrons. The predicted octanol–water partition coefficient (Wildman–Crippen LogP) is 5.09. The summed E-state index contributed by atoms with van der Waals surface area (Å²) >= 11 is 0. The maximum atomic E-state index is 13.4. The minimum atomic E-state index is -4.48. The van der Waals surface area contributed by atoms with Gasteiger partial charge in [0, 0.05) is 57.6 Å². The number of piperazine rings is 1. The first-order valence-electron chi connectivity index (χ1n) is 15.6. The Balaban J connectivity index is 1.20. The quantitative estimate of drug-likeness (QED) is 0.246. The van der Waals surface area contributed by atoms with Crippen LogP contribution in [0.1, 0.15) is 29.7 Å². The summed E-state index contributed by atoms with van der Waals surface area (Å²) in [6.07, 6.45) is -1.90. The number of nitrogens with one attached hydrogen (secondary N) is 1. The Hall–Kier alpha value is -4.40. The minimum absolute atomic E-state index is 0.0442. The van der Waals surface area contributed by atoms with Gasteiger partial charge in [-0.15, -0.1) is 0 Å². The molecule has 4 heterocycles. The Labute approximate surface area is 276 Å². The molecular weight excluding hydrogens is 648 g/mol. The van der Waals surface area contributed by atoms with E-state index in [1.54, 1.807) is 12.3 Å². The van der Waals surface area contributed by atoms with Crippen LogP contribution in [0.15, 0.2) is 90.0 Å². The van der Waals surface area contributed by atoms with Crippen molar-refractivity contribution in [2.45, 2.75) is 43.0 Å². The molecule has 2 aromatic carbocycles. The van der Waals surface area contributed by atoms with Crippen molar-refractivity contribution < 1.29 is 30.8 Å². The van der Waals surface area contributed by atoms with E-state index in [-0.39, 0.29) is 18.0 Å². The van der Waals surface area contributed by atoms with Crippen molar-refractivity contribution in [1.82, 2.24) is 24.5 Å². The largest absolute Gasteiger partial charge is 0.416 e. The molecular formula is C34H34F4N6O3S. The van der Waals surface area contributed by atoms with Gasteiger partial charge < -0.3 is 10.2 Å². The van der Waals surface area contributed by atoms with E-state index in [1.807, 2.05) is 24.3 Å². The summed E-state index contributed by atoms with van der Waals surface area (Å²) in [4.78, 5) is 26.9. The van der Waals surface area contributed by atoms with E-state index < -0.39 is 39.5 Å².